The molecule has 2 aromatic rings. The zero-order valence-electron chi connectivity index (χ0n) is 22.7. The Morgan fingerprint density at radius 1 is 0.972 bits per heavy atom. The van der Waals surface area contributed by atoms with Gasteiger partial charge in [-0.1, -0.05) is 43.3 Å². The van der Waals surface area contributed by atoms with Crippen LogP contribution in [0.2, 0.25) is 0 Å². The monoisotopic (exact) mass is 515 g/mol. The van der Waals surface area contributed by atoms with E-state index in [-0.39, 0.29) is 30.8 Å². The molecule has 8 heteroatoms. The van der Waals surface area contributed by atoms with Gasteiger partial charge in [0.25, 0.3) is 0 Å². The van der Waals surface area contributed by atoms with Crippen molar-refractivity contribution in [2.75, 3.05) is 17.1 Å². The molecule has 2 atom stereocenters. The largest absolute Gasteiger partial charge is 0.352 e. The first-order valence-electron chi connectivity index (χ1n) is 12.5. The Balaban J connectivity index is 2.22. The third kappa shape index (κ3) is 7.82. The number of nitrogens with zero attached hydrogens (tertiary/aromatic N) is 2. The van der Waals surface area contributed by atoms with Gasteiger partial charge in [-0.3, -0.25) is 13.9 Å². The molecule has 0 aliphatic rings. The highest BCUT2D eigenvalue weighted by molar-refractivity contribution is 7.92. The second-order valence-electron chi connectivity index (χ2n) is 9.60. The third-order valence-electron chi connectivity index (χ3n) is 6.77. The van der Waals surface area contributed by atoms with E-state index in [1.165, 1.54) is 10.6 Å². The van der Waals surface area contributed by atoms with Gasteiger partial charge in [-0.15, -0.1) is 0 Å². The molecule has 2 aromatic carbocycles. The van der Waals surface area contributed by atoms with Crippen LogP contribution in [-0.4, -0.2) is 50.0 Å². The van der Waals surface area contributed by atoms with E-state index in [9.17, 15) is 18.0 Å². The lowest BCUT2D eigenvalue weighted by Crippen LogP contribution is -2.49. The molecule has 1 N–H and O–H groups in total. The Morgan fingerprint density at radius 3 is 2.22 bits per heavy atom. The number of carbonyl (C=O) groups is 2. The van der Waals surface area contributed by atoms with Crippen molar-refractivity contribution in [2.24, 2.45) is 0 Å². The maximum absolute atomic E-state index is 13.4. The minimum atomic E-state index is -3.53. The van der Waals surface area contributed by atoms with Crippen molar-refractivity contribution in [3.8, 4) is 0 Å². The summed E-state index contributed by atoms with van der Waals surface area (Å²) in [6.07, 6.45) is 2.44. The van der Waals surface area contributed by atoms with E-state index < -0.39 is 16.1 Å². The summed E-state index contributed by atoms with van der Waals surface area (Å²) in [6.45, 7) is 12.0. The smallest absolute Gasteiger partial charge is 0.242 e. The summed E-state index contributed by atoms with van der Waals surface area (Å²) in [5.41, 5.74) is 4.54. The van der Waals surface area contributed by atoms with E-state index in [4.69, 9.17) is 0 Å². The first-order valence-corrected chi connectivity index (χ1v) is 14.4. The quantitative estimate of drug-likeness (QED) is 0.451. The summed E-state index contributed by atoms with van der Waals surface area (Å²) in [7, 11) is -3.53. The predicted molar refractivity (Wildman–Crippen MR) is 146 cm³/mol. The number of benzene rings is 2. The van der Waals surface area contributed by atoms with E-state index in [0.717, 1.165) is 28.7 Å². The van der Waals surface area contributed by atoms with Gasteiger partial charge in [0, 0.05) is 25.6 Å². The lowest BCUT2D eigenvalue weighted by Gasteiger charge is -2.31. The van der Waals surface area contributed by atoms with Gasteiger partial charge in [0.1, 0.15) is 6.04 Å². The number of hydrogen-bond donors (Lipinski definition) is 1. The maximum atomic E-state index is 13.4. The summed E-state index contributed by atoms with van der Waals surface area (Å²) in [4.78, 5) is 27.9. The van der Waals surface area contributed by atoms with Gasteiger partial charge < -0.3 is 10.2 Å². The van der Waals surface area contributed by atoms with Crippen LogP contribution in [0.3, 0.4) is 0 Å². The van der Waals surface area contributed by atoms with Gasteiger partial charge in [-0.25, -0.2) is 8.42 Å². The van der Waals surface area contributed by atoms with Crippen LogP contribution < -0.4 is 9.62 Å². The van der Waals surface area contributed by atoms with Crippen molar-refractivity contribution >= 4 is 27.5 Å². The van der Waals surface area contributed by atoms with Crippen molar-refractivity contribution in [1.82, 2.24) is 10.2 Å². The van der Waals surface area contributed by atoms with Crippen LogP contribution >= 0.6 is 0 Å². The molecule has 0 spiro atoms. The van der Waals surface area contributed by atoms with Crippen LogP contribution in [0, 0.1) is 20.8 Å². The topological polar surface area (TPSA) is 86.8 Å². The summed E-state index contributed by atoms with van der Waals surface area (Å²) < 4.78 is 26.5. The molecule has 0 fully saturated rings. The first kappa shape index (κ1) is 29.4. The lowest BCUT2D eigenvalue weighted by atomic mass is 10.1. The van der Waals surface area contributed by atoms with Crippen molar-refractivity contribution in [3.63, 3.8) is 0 Å². The van der Waals surface area contributed by atoms with Crippen LogP contribution in [-0.2, 0) is 26.2 Å². The van der Waals surface area contributed by atoms with Gasteiger partial charge in [0.2, 0.25) is 21.8 Å². The van der Waals surface area contributed by atoms with E-state index >= 15 is 0 Å². The van der Waals surface area contributed by atoms with Gasteiger partial charge >= 0.3 is 0 Å². The Hall–Kier alpha value is -2.87. The van der Waals surface area contributed by atoms with Gasteiger partial charge in [-0.2, -0.15) is 0 Å². The summed E-state index contributed by atoms with van der Waals surface area (Å²) in [6, 6.07) is 12.7. The van der Waals surface area contributed by atoms with E-state index in [1.54, 1.807) is 17.9 Å². The Kier molecular flexibility index (Phi) is 10.5. The van der Waals surface area contributed by atoms with E-state index in [1.807, 2.05) is 71.0 Å². The molecule has 2 rings (SSSR count). The molecule has 0 aliphatic heterocycles. The molecule has 198 valence electrons. The lowest BCUT2D eigenvalue weighted by molar-refractivity contribution is -0.140. The molecule has 7 nitrogen and oxygen atoms in total. The van der Waals surface area contributed by atoms with Crippen molar-refractivity contribution in [2.45, 2.75) is 79.4 Å². The highest BCUT2D eigenvalue weighted by atomic mass is 32.2. The molecular weight excluding hydrogens is 474 g/mol. The average molecular weight is 516 g/mol. The summed E-state index contributed by atoms with van der Waals surface area (Å²) in [5.74, 6) is -0.376. The molecular formula is C28H41N3O4S. The fraction of sp³-hybridized carbons (Fsp3) is 0.500. The standard InChI is InChI=1S/C28H41N3O4S/c1-8-22(4)29-28(33)24(6)30(19-25-15-10-9-13-21(25)3)27(32)17-12-18-31(36(7,34)35)26-16-11-14-20(2)23(26)5/h9-11,13-16,22,24H,8,12,17-19H2,1-7H3,(H,29,33)/t22-,24-/m1/s1. The molecule has 0 saturated heterocycles. The minimum absolute atomic E-state index is 0.0104. The number of anilines is 1. The molecule has 0 heterocycles. The second-order valence-corrected chi connectivity index (χ2v) is 11.5. The average Bonchev–Trinajstić information content (AvgIpc) is 2.82. The molecule has 2 amide bonds. The molecule has 0 aromatic heterocycles. The summed E-state index contributed by atoms with van der Waals surface area (Å²) in [5, 5.41) is 2.97. The molecule has 0 radical (unpaired) electrons. The van der Waals surface area contributed by atoms with Gasteiger partial charge in [0.05, 0.1) is 11.9 Å². The number of aryl methyl sites for hydroxylation is 2. The second kappa shape index (κ2) is 12.9. The van der Waals surface area contributed by atoms with Crippen LogP contribution in [0.5, 0.6) is 0 Å². The Morgan fingerprint density at radius 2 is 1.61 bits per heavy atom. The van der Waals surface area contributed by atoms with Crippen molar-refractivity contribution < 1.29 is 18.0 Å². The number of nitrogens with one attached hydrogen (secondary N) is 1. The Bertz CT molecular complexity index is 1160. The molecule has 0 aliphatic carbocycles. The van der Waals surface area contributed by atoms with Crippen LogP contribution in [0.4, 0.5) is 5.69 Å². The van der Waals surface area contributed by atoms with E-state index in [0.29, 0.717) is 18.7 Å². The van der Waals surface area contributed by atoms with Crippen LogP contribution in [0.25, 0.3) is 0 Å². The SMILES string of the molecule is CC[C@@H](C)NC(=O)[C@@H](C)N(Cc1ccccc1C)C(=O)CCCN(c1cccc(C)c1C)S(C)(=O)=O. The predicted octanol–water partition coefficient (Wildman–Crippen LogP) is 4.49. The van der Waals surface area contributed by atoms with Gasteiger partial charge in [0.15, 0.2) is 0 Å². The number of hydrogen-bond acceptors (Lipinski definition) is 4. The molecule has 0 saturated carbocycles. The third-order valence-corrected chi connectivity index (χ3v) is 7.95. The van der Waals surface area contributed by atoms with Gasteiger partial charge in [-0.05, 0) is 75.8 Å². The molecule has 0 unspecified atom stereocenters. The Labute approximate surface area is 216 Å². The molecule has 36 heavy (non-hydrogen) atoms. The highest BCUT2D eigenvalue weighted by Gasteiger charge is 2.27. The number of amides is 2. The highest BCUT2D eigenvalue weighted by Crippen LogP contribution is 2.25. The summed E-state index contributed by atoms with van der Waals surface area (Å²) >= 11 is 0. The molecule has 0 bridgehead atoms. The fourth-order valence-electron chi connectivity index (χ4n) is 4.01. The van der Waals surface area contributed by atoms with Crippen molar-refractivity contribution in [1.29, 1.82) is 0 Å². The number of rotatable bonds is 12. The maximum Gasteiger partial charge on any atom is 0.242 e. The number of sulfonamides is 1. The number of carbonyl (C=O) groups excluding carboxylic acids is 2. The van der Waals surface area contributed by atoms with Crippen LogP contribution in [0.15, 0.2) is 42.5 Å². The van der Waals surface area contributed by atoms with Crippen LogP contribution in [0.1, 0.15) is 62.3 Å². The normalized spacial score (nSPS) is 13.1. The minimum Gasteiger partial charge on any atom is -0.352 e. The zero-order valence-corrected chi connectivity index (χ0v) is 23.5. The first-order chi connectivity index (χ1) is 16.9. The van der Waals surface area contributed by atoms with Crippen molar-refractivity contribution in [3.05, 3.63) is 64.7 Å². The zero-order chi connectivity index (χ0) is 27.0. The van der Waals surface area contributed by atoms with E-state index in [2.05, 4.69) is 5.32 Å². The fourth-order valence-corrected chi connectivity index (χ4v) is 5.02.